The molecule has 118 valence electrons. The standard InChI is InChI=1S/C12H16BrNO6S/c1-19-6-7-20-5-4-14-21(17,18)11-3-2-9(12(15)16)8-10(11)13/h2-3,8,14H,4-7H2,1H3,(H,15,16). The first-order valence-electron chi connectivity index (χ1n) is 5.97. The number of aromatic carboxylic acids is 1. The highest BCUT2D eigenvalue weighted by atomic mass is 79.9. The molecule has 0 atom stereocenters. The van der Waals surface area contributed by atoms with E-state index >= 15 is 0 Å². The van der Waals surface area contributed by atoms with Gasteiger partial charge in [-0.2, -0.15) is 0 Å². The monoisotopic (exact) mass is 381 g/mol. The molecule has 1 aromatic rings. The van der Waals surface area contributed by atoms with Gasteiger partial charge in [0.2, 0.25) is 10.0 Å². The lowest BCUT2D eigenvalue weighted by Crippen LogP contribution is -2.28. The number of ether oxygens (including phenoxy) is 2. The zero-order chi connectivity index (χ0) is 15.9. The van der Waals surface area contributed by atoms with Crippen LogP contribution < -0.4 is 4.72 Å². The SMILES string of the molecule is COCCOCCNS(=O)(=O)c1ccc(C(=O)O)cc1Br. The summed E-state index contributed by atoms with van der Waals surface area (Å²) < 4.78 is 36.6. The van der Waals surface area contributed by atoms with Crippen LogP contribution in [0.25, 0.3) is 0 Å². The summed E-state index contributed by atoms with van der Waals surface area (Å²) in [6, 6.07) is 3.71. The minimum atomic E-state index is -3.73. The summed E-state index contributed by atoms with van der Waals surface area (Å²) in [7, 11) is -2.18. The third-order valence-electron chi connectivity index (χ3n) is 2.44. The number of nitrogens with one attached hydrogen (secondary N) is 1. The summed E-state index contributed by atoms with van der Waals surface area (Å²) in [5, 5.41) is 8.83. The molecule has 0 spiro atoms. The van der Waals surface area contributed by atoms with Crippen LogP contribution in [0.4, 0.5) is 0 Å². The average molecular weight is 382 g/mol. The van der Waals surface area contributed by atoms with Gasteiger partial charge >= 0.3 is 5.97 Å². The molecule has 0 fully saturated rings. The molecule has 9 heteroatoms. The van der Waals surface area contributed by atoms with Gasteiger partial charge in [0.25, 0.3) is 0 Å². The molecule has 0 saturated carbocycles. The fraction of sp³-hybridized carbons (Fsp3) is 0.417. The zero-order valence-electron chi connectivity index (χ0n) is 11.3. The Morgan fingerprint density at radius 2 is 2.05 bits per heavy atom. The van der Waals surface area contributed by atoms with Crippen molar-refractivity contribution in [1.82, 2.24) is 4.72 Å². The highest BCUT2D eigenvalue weighted by Gasteiger charge is 2.18. The van der Waals surface area contributed by atoms with Crippen molar-refractivity contribution in [3.63, 3.8) is 0 Å². The minimum absolute atomic E-state index is 0.00345. The van der Waals surface area contributed by atoms with Gasteiger partial charge in [-0.25, -0.2) is 17.9 Å². The summed E-state index contributed by atoms with van der Waals surface area (Å²) in [6.07, 6.45) is 0. The molecule has 0 aliphatic carbocycles. The van der Waals surface area contributed by atoms with Crippen LogP contribution in [0.15, 0.2) is 27.6 Å². The maximum Gasteiger partial charge on any atom is 0.335 e. The van der Waals surface area contributed by atoms with Crippen molar-refractivity contribution in [3.8, 4) is 0 Å². The summed E-state index contributed by atoms with van der Waals surface area (Å²) in [5.41, 5.74) is 0.00345. The van der Waals surface area contributed by atoms with Crippen molar-refractivity contribution >= 4 is 31.9 Å². The fourth-order valence-corrected chi connectivity index (χ4v) is 3.51. The van der Waals surface area contributed by atoms with Crippen molar-refractivity contribution < 1.29 is 27.8 Å². The number of benzene rings is 1. The number of halogens is 1. The van der Waals surface area contributed by atoms with E-state index in [9.17, 15) is 13.2 Å². The van der Waals surface area contributed by atoms with Crippen LogP contribution in [0.3, 0.4) is 0 Å². The second-order valence-electron chi connectivity index (χ2n) is 3.95. The van der Waals surface area contributed by atoms with Gasteiger partial charge in [-0.1, -0.05) is 0 Å². The van der Waals surface area contributed by atoms with E-state index in [0.717, 1.165) is 0 Å². The molecule has 0 saturated heterocycles. The fourth-order valence-electron chi connectivity index (χ4n) is 1.42. The molecule has 2 N–H and O–H groups in total. The number of hydrogen-bond acceptors (Lipinski definition) is 5. The molecule has 1 rings (SSSR count). The highest BCUT2D eigenvalue weighted by Crippen LogP contribution is 2.23. The van der Waals surface area contributed by atoms with Gasteiger partial charge in [-0.05, 0) is 34.1 Å². The number of hydrogen-bond donors (Lipinski definition) is 2. The molecule has 0 bridgehead atoms. The van der Waals surface area contributed by atoms with Crippen LogP contribution in [-0.4, -0.2) is 53.0 Å². The maximum absolute atomic E-state index is 12.1. The predicted molar refractivity (Wildman–Crippen MR) is 79.0 cm³/mol. The highest BCUT2D eigenvalue weighted by molar-refractivity contribution is 9.10. The quantitative estimate of drug-likeness (QED) is 0.620. The third kappa shape index (κ3) is 5.71. The third-order valence-corrected chi connectivity index (χ3v) is 4.88. The van der Waals surface area contributed by atoms with Gasteiger partial charge in [-0.3, -0.25) is 0 Å². The first kappa shape index (κ1) is 18.1. The molecule has 0 amide bonds. The van der Waals surface area contributed by atoms with Crippen molar-refractivity contribution in [1.29, 1.82) is 0 Å². The lowest BCUT2D eigenvalue weighted by atomic mass is 10.2. The number of carbonyl (C=O) groups is 1. The van der Waals surface area contributed by atoms with Gasteiger partial charge in [0.15, 0.2) is 0 Å². The van der Waals surface area contributed by atoms with Crippen molar-refractivity contribution in [2.75, 3.05) is 33.5 Å². The topological polar surface area (TPSA) is 102 Å². The molecular formula is C12H16BrNO6S. The molecule has 1 aromatic carbocycles. The number of methoxy groups -OCH3 is 1. The number of carboxylic acid groups (broad SMARTS) is 1. The summed E-state index contributed by atoms with van der Waals surface area (Å²) in [5.74, 6) is -1.13. The van der Waals surface area contributed by atoms with Gasteiger partial charge in [0.05, 0.1) is 30.3 Å². The number of sulfonamides is 1. The molecular weight excluding hydrogens is 366 g/mol. The summed E-state index contributed by atoms with van der Waals surface area (Å²) in [4.78, 5) is 10.8. The van der Waals surface area contributed by atoms with Gasteiger partial charge < -0.3 is 14.6 Å². The van der Waals surface area contributed by atoms with Crippen LogP contribution >= 0.6 is 15.9 Å². The van der Waals surface area contributed by atoms with Crippen molar-refractivity contribution in [3.05, 3.63) is 28.2 Å². The molecule has 0 heterocycles. The molecule has 7 nitrogen and oxygen atoms in total. The zero-order valence-corrected chi connectivity index (χ0v) is 13.7. The summed E-state index contributed by atoms with van der Waals surface area (Å²) >= 11 is 3.06. The molecule has 0 aromatic heterocycles. The van der Waals surface area contributed by atoms with Crippen molar-refractivity contribution in [2.24, 2.45) is 0 Å². The minimum Gasteiger partial charge on any atom is -0.478 e. The molecule has 0 radical (unpaired) electrons. The van der Waals surface area contributed by atoms with Crippen LogP contribution in [0.1, 0.15) is 10.4 Å². The lowest BCUT2D eigenvalue weighted by molar-refractivity contribution is 0.0696. The Morgan fingerprint density at radius 1 is 1.33 bits per heavy atom. The lowest BCUT2D eigenvalue weighted by Gasteiger charge is -2.09. The van der Waals surface area contributed by atoms with E-state index in [1.165, 1.54) is 18.2 Å². The first-order chi connectivity index (χ1) is 9.88. The van der Waals surface area contributed by atoms with E-state index in [1.54, 1.807) is 7.11 Å². The number of carboxylic acids is 1. The Morgan fingerprint density at radius 3 is 2.62 bits per heavy atom. The summed E-state index contributed by atoms with van der Waals surface area (Å²) in [6.45, 7) is 1.15. The first-order valence-corrected chi connectivity index (χ1v) is 8.25. The molecule has 21 heavy (non-hydrogen) atoms. The smallest absolute Gasteiger partial charge is 0.335 e. The van der Waals surface area contributed by atoms with E-state index < -0.39 is 16.0 Å². The van der Waals surface area contributed by atoms with E-state index in [-0.39, 0.29) is 28.1 Å². The van der Waals surface area contributed by atoms with E-state index in [2.05, 4.69) is 20.7 Å². The average Bonchev–Trinajstić information content (AvgIpc) is 2.42. The predicted octanol–water partition coefficient (Wildman–Crippen LogP) is 1.09. The second kappa shape index (κ2) is 8.44. The van der Waals surface area contributed by atoms with Gasteiger partial charge in [0.1, 0.15) is 0 Å². The Labute approximate surface area is 131 Å². The molecule has 0 aliphatic heterocycles. The molecule has 0 unspecified atom stereocenters. The van der Waals surface area contributed by atoms with Crippen molar-refractivity contribution in [2.45, 2.75) is 4.90 Å². The normalized spacial score (nSPS) is 11.5. The second-order valence-corrected chi connectivity index (χ2v) is 6.54. The Balaban J connectivity index is 2.64. The van der Waals surface area contributed by atoms with Crippen LogP contribution in [0.5, 0.6) is 0 Å². The maximum atomic E-state index is 12.1. The number of rotatable bonds is 9. The Bertz CT molecular complexity index is 589. The van der Waals surface area contributed by atoms with Gasteiger partial charge in [-0.15, -0.1) is 0 Å². The van der Waals surface area contributed by atoms with Gasteiger partial charge in [0, 0.05) is 18.1 Å². The Hall–Kier alpha value is -1.00. The van der Waals surface area contributed by atoms with E-state index in [4.69, 9.17) is 14.6 Å². The van der Waals surface area contributed by atoms with E-state index in [0.29, 0.717) is 13.2 Å². The Kier molecular flexibility index (Phi) is 7.26. The molecule has 0 aliphatic rings. The van der Waals surface area contributed by atoms with E-state index in [1.807, 2.05) is 0 Å². The largest absolute Gasteiger partial charge is 0.478 e. The van der Waals surface area contributed by atoms with Crippen LogP contribution in [-0.2, 0) is 19.5 Å². The van der Waals surface area contributed by atoms with Crippen LogP contribution in [0.2, 0.25) is 0 Å². The van der Waals surface area contributed by atoms with Crippen LogP contribution in [0, 0.1) is 0 Å².